The van der Waals surface area contributed by atoms with Gasteiger partial charge in [0.2, 0.25) is 0 Å². The largest absolute Gasteiger partial charge is 0.460 e. The zero-order chi connectivity index (χ0) is 19.1. The van der Waals surface area contributed by atoms with E-state index in [0.29, 0.717) is 32.5 Å². The number of fused-ring (bicyclic) bond motifs is 1. The third-order valence-corrected chi connectivity index (χ3v) is 7.66. The van der Waals surface area contributed by atoms with Crippen molar-refractivity contribution in [2.24, 2.45) is 5.41 Å². The molecular formula is C21H25N3O3S. The molecule has 1 aliphatic carbocycles. The zero-order valence-electron chi connectivity index (χ0n) is 15.9. The molecule has 5 rings (SSSR count). The fourth-order valence-corrected chi connectivity index (χ4v) is 6.08. The Morgan fingerprint density at radius 1 is 1.29 bits per heavy atom. The Labute approximate surface area is 168 Å². The van der Waals surface area contributed by atoms with Crippen LogP contribution in [0.5, 0.6) is 0 Å². The molecule has 0 bridgehead atoms. The van der Waals surface area contributed by atoms with Gasteiger partial charge in [0.1, 0.15) is 6.10 Å². The van der Waals surface area contributed by atoms with Crippen LogP contribution in [0.15, 0.2) is 24.1 Å². The second kappa shape index (κ2) is 7.03. The summed E-state index contributed by atoms with van der Waals surface area (Å²) in [6, 6.07) is 0. The van der Waals surface area contributed by atoms with Crippen molar-refractivity contribution >= 4 is 23.2 Å². The van der Waals surface area contributed by atoms with Crippen molar-refractivity contribution in [1.29, 1.82) is 0 Å². The minimum absolute atomic E-state index is 0.0850. The molecular weight excluding hydrogens is 374 g/mol. The summed E-state index contributed by atoms with van der Waals surface area (Å²) in [5, 5.41) is 2.17. The summed E-state index contributed by atoms with van der Waals surface area (Å²) >= 11 is 1.60. The number of rotatable bonds is 3. The number of esters is 1. The molecule has 2 fully saturated rings. The van der Waals surface area contributed by atoms with E-state index in [0.717, 1.165) is 24.1 Å². The monoisotopic (exact) mass is 399 g/mol. The Morgan fingerprint density at radius 3 is 2.89 bits per heavy atom. The predicted molar refractivity (Wildman–Crippen MR) is 105 cm³/mol. The number of hydrogen-bond donors (Lipinski definition) is 0. The highest BCUT2D eigenvalue weighted by molar-refractivity contribution is 7.12. The summed E-state index contributed by atoms with van der Waals surface area (Å²) in [7, 11) is 0. The number of aryl methyl sites for hydroxylation is 1. The molecule has 6 nitrogen and oxygen atoms in total. The second-order valence-corrected chi connectivity index (χ2v) is 9.22. The summed E-state index contributed by atoms with van der Waals surface area (Å²) in [5.74, 6) is 0.0718. The standard InChI is InChI=1S/C21H25N3O3S/c25-19(18-17-4-2-1-3-15(17)13-28-18)24-8-5-21(6-9-24)11-16(27-20(21)26)12-23-10-7-22-14-23/h7,10,13-14,16H,1-6,8-9,11-12H2. The molecule has 0 radical (unpaired) electrons. The number of nitrogens with zero attached hydrogens (tertiary/aromatic N) is 3. The van der Waals surface area contributed by atoms with E-state index in [-0.39, 0.29) is 18.0 Å². The highest BCUT2D eigenvalue weighted by atomic mass is 32.1. The molecule has 4 heterocycles. The number of hydrogen-bond acceptors (Lipinski definition) is 5. The highest BCUT2D eigenvalue weighted by Crippen LogP contribution is 2.44. The normalized spacial score (nSPS) is 23.6. The SMILES string of the molecule is O=C(c1scc2c1CCCC2)N1CCC2(CC1)CC(Cn1ccnc1)OC2=O. The Balaban J connectivity index is 1.24. The number of aromatic nitrogens is 2. The number of thiophene rings is 1. The Kier molecular flexibility index (Phi) is 4.50. The van der Waals surface area contributed by atoms with E-state index in [4.69, 9.17) is 4.74 Å². The number of ether oxygens (including phenoxy) is 1. The van der Waals surface area contributed by atoms with Crippen molar-refractivity contribution in [3.8, 4) is 0 Å². The number of imidazole rings is 1. The van der Waals surface area contributed by atoms with Crippen LogP contribution >= 0.6 is 11.3 Å². The first-order chi connectivity index (χ1) is 13.6. The third kappa shape index (κ3) is 3.05. The average Bonchev–Trinajstić information content (AvgIpc) is 3.43. The van der Waals surface area contributed by atoms with E-state index in [9.17, 15) is 9.59 Å². The smallest absolute Gasteiger partial charge is 0.312 e. The maximum atomic E-state index is 13.1. The number of piperidine rings is 1. The number of cyclic esters (lactones) is 1. The molecule has 3 aliphatic rings. The summed E-state index contributed by atoms with van der Waals surface area (Å²) in [6.07, 6.45) is 11.9. The van der Waals surface area contributed by atoms with Crippen molar-refractivity contribution in [1.82, 2.24) is 14.5 Å². The Hall–Kier alpha value is -2.15. The van der Waals surface area contributed by atoms with Crippen LogP contribution in [0.3, 0.4) is 0 Å². The van der Waals surface area contributed by atoms with Crippen molar-refractivity contribution < 1.29 is 14.3 Å². The van der Waals surface area contributed by atoms with E-state index in [1.54, 1.807) is 23.9 Å². The van der Waals surface area contributed by atoms with Crippen molar-refractivity contribution in [3.63, 3.8) is 0 Å². The number of amides is 1. The molecule has 1 unspecified atom stereocenters. The lowest BCUT2D eigenvalue weighted by atomic mass is 9.76. The molecule has 0 N–H and O–H groups in total. The van der Waals surface area contributed by atoms with Crippen LogP contribution < -0.4 is 0 Å². The lowest BCUT2D eigenvalue weighted by molar-refractivity contribution is -0.150. The van der Waals surface area contributed by atoms with Crippen LogP contribution in [0, 0.1) is 5.41 Å². The molecule has 2 aromatic heterocycles. The number of carbonyl (C=O) groups excluding carboxylic acids is 2. The van der Waals surface area contributed by atoms with Gasteiger partial charge in [-0.15, -0.1) is 11.3 Å². The van der Waals surface area contributed by atoms with Crippen LogP contribution in [-0.4, -0.2) is 45.5 Å². The van der Waals surface area contributed by atoms with Crippen molar-refractivity contribution in [3.05, 3.63) is 40.1 Å². The summed E-state index contributed by atoms with van der Waals surface area (Å²) in [6.45, 7) is 1.92. The molecule has 2 aliphatic heterocycles. The minimum atomic E-state index is -0.420. The van der Waals surface area contributed by atoms with Gasteiger partial charge < -0.3 is 14.2 Å². The first-order valence-electron chi connectivity index (χ1n) is 10.2. The van der Waals surface area contributed by atoms with Gasteiger partial charge in [-0.2, -0.15) is 0 Å². The molecule has 148 valence electrons. The van der Waals surface area contributed by atoms with Crippen LogP contribution in [0.1, 0.15) is 52.9 Å². The molecule has 0 saturated carbocycles. The second-order valence-electron chi connectivity index (χ2n) is 8.34. The predicted octanol–water partition coefficient (Wildman–Crippen LogP) is 3.06. The van der Waals surface area contributed by atoms with Gasteiger partial charge in [-0.1, -0.05) is 0 Å². The molecule has 1 atom stereocenters. The van der Waals surface area contributed by atoms with E-state index < -0.39 is 5.41 Å². The molecule has 1 amide bonds. The highest BCUT2D eigenvalue weighted by Gasteiger charge is 2.51. The van der Waals surface area contributed by atoms with Crippen molar-refractivity contribution in [2.75, 3.05) is 13.1 Å². The van der Waals surface area contributed by atoms with E-state index in [1.807, 2.05) is 15.7 Å². The number of carbonyl (C=O) groups is 2. The van der Waals surface area contributed by atoms with Crippen LogP contribution in [0.2, 0.25) is 0 Å². The van der Waals surface area contributed by atoms with Crippen molar-refractivity contribution in [2.45, 2.75) is 57.6 Å². The van der Waals surface area contributed by atoms with Gasteiger partial charge >= 0.3 is 5.97 Å². The lowest BCUT2D eigenvalue weighted by Crippen LogP contribution is -2.45. The first kappa shape index (κ1) is 17.9. The summed E-state index contributed by atoms with van der Waals surface area (Å²) in [4.78, 5) is 32.7. The Bertz CT molecular complexity index is 881. The fourth-order valence-electron chi connectivity index (χ4n) is 4.96. The topological polar surface area (TPSA) is 64.4 Å². The van der Waals surface area contributed by atoms with Crippen LogP contribution in [0.25, 0.3) is 0 Å². The molecule has 2 saturated heterocycles. The minimum Gasteiger partial charge on any atom is -0.460 e. The quantitative estimate of drug-likeness (QED) is 0.744. The fraction of sp³-hybridized carbons (Fsp3) is 0.571. The maximum absolute atomic E-state index is 13.1. The number of likely N-dealkylation sites (tertiary alicyclic amines) is 1. The van der Waals surface area contributed by atoms with Gasteiger partial charge in [-0.3, -0.25) is 9.59 Å². The first-order valence-corrected chi connectivity index (χ1v) is 11.1. The van der Waals surface area contributed by atoms with Gasteiger partial charge in [0.15, 0.2) is 0 Å². The van der Waals surface area contributed by atoms with E-state index in [2.05, 4.69) is 10.4 Å². The summed E-state index contributed by atoms with van der Waals surface area (Å²) in [5.41, 5.74) is 2.23. The lowest BCUT2D eigenvalue weighted by Gasteiger charge is -2.36. The average molecular weight is 400 g/mol. The molecule has 0 aromatic carbocycles. The van der Waals surface area contributed by atoms with E-state index in [1.165, 1.54) is 24.0 Å². The summed E-state index contributed by atoms with van der Waals surface area (Å²) < 4.78 is 7.64. The van der Waals surface area contributed by atoms with Gasteiger partial charge in [-0.05, 0) is 55.0 Å². The molecule has 28 heavy (non-hydrogen) atoms. The van der Waals surface area contributed by atoms with Gasteiger partial charge in [-0.25, -0.2) is 4.98 Å². The van der Waals surface area contributed by atoms with Crippen LogP contribution in [-0.2, 0) is 28.9 Å². The van der Waals surface area contributed by atoms with Gasteiger partial charge in [0.25, 0.3) is 5.91 Å². The molecule has 1 spiro atoms. The Morgan fingerprint density at radius 2 is 2.11 bits per heavy atom. The third-order valence-electron chi connectivity index (χ3n) is 6.60. The van der Waals surface area contributed by atoms with Gasteiger partial charge in [0.05, 0.1) is 23.2 Å². The van der Waals surface area contributed by atoms with E-state index >= 15 is 0 Å². The zero-order valence-corrected chi connectivity index (χ0v) is 16.7. The van der Waals surface area contributed by atoms with Gasteiger partial charge in [0, 0.05) is 31.9 Å². The molecule has 2 aromatic rings. The maximum Gasteiger partial charge on any atom is 0.312 e. The van der Waals surface area contributed by atoms with Crippen LogP contribution in [0.4, 0.5) is 0 Å². The molecule has 7 heteroatoms.